The van der Waals surface area contributed by atoms with Crippen molar-refractivity contribution < 1.29 is 13.9 Å². The van der Waals surface area contributed by atoms with Crippen molar-refractivity contribution in [3.05, 3.63) is 72.3 Å². The topological polar surface area (TPSA) is 64.1 Å². The second kappa shape index (κ2) is 8.40. The maximum atomic E-state index is 13.1. The molecule has 2 aromatic carbocycles. The van der Waals surface area contributed by atoms with Crippen LogP contribution in [0.15, 0.2) is 60.9 Å². The van der Waals surface area contributed by atoms with Crippen molar-refractivity contribution in [3.63, 3.8) is 0 Å². The minimum absolute atomic E-state index is 0.149. The van der Waals surface area contributed by atoms with Gasteiger partial charge in [0.25, 0.3) is 5.91 Å². The Labute approximate surface area is 157 Å². The maximum absolute atomic E-state index is 13.1. The van der Waals surface area contributed by atoms with Gasteiger partial charge in [0, 0.05) is 23.7 Å². The van der Waals surface area contributed by atoms with E-state index >= 15 is 0 Å². The Morgan fingerprint density at radius 2 is 1.89 bits per heavy atom. The van der Waals surface area contributed by atoms with Crippen molar-refractivity contribution in [3.8, 4) is 22.9 Å². The van der Waals surface area contributed by atoms with Gasteiger partial charge < -0.3 is 10.1 Å². The normalized spacial score (nSPS) is 10.7. The van der Waals surface area contributed by atoms with E-state index in [1.54, 1.807) is 42.5 Å². The number of benzene rings is 2. The van der Waals surface area contributed by atoms with Crippen LogP contribution < -0.4 is 10.1 Å². The molecule has 0 fully saturated rings. The first-order valence-electron chi connectivity index (χ1n) is 8.65. The number of aromatic nitrogens is 2. The van der Waals surface area contributed by atoms with Gasteiger partial charge in [-0.3, -0.25) is 4.79 Å². The van der Waals surface area contributed by atoms with Crippen LogP contribution in [0, 0.1) is 11.7 Å². The first-order chi connectivity index (χ1) is 13.0. The van der Waals surface area contributed by atoms with Gasteiger partial charge in [-0.05, 0) is 48.4 Å². The number of amides is 1. The Kier molecular flexibility index (Phi) is 5.76. The van der Waals surface area contributed by atoms with Crippen molar-refractivity contribution in [2.75, 3.05) is 6.54 Å². The molecule has 6 heteroatoms. The number of hydrogen-bond acceptors (Lipinski definition) is 4. The average molecular weight is 365 g/mol. The van der Waals surface area contributed by atoms with Gasteiger partial charge in [0.15, 0.2) is 0 Å². The Hall–Kier alpha value is -3.28. The monoisotopic (exact) mass is 365 g/mol. The van der Waals surface area contributed by atoms with E-state index in [9.17, 15) is 9.18 Å². The second-order valence-electron chi connectivity index (χ2n) is 6.48. The number of carbonyl (C=O) groups excluding carboxylic acids is 1. The summed E-state index contributed by atoms with van der Waals surface area (Å²) in [5, 5.41) is 2.87. The lowest BCUT2D eigenvalue weighted by atomic mass is 10.1. The summed E-state index contributed by atoms with van der Waals surface area (Å²) < 4.78 is 18.9. The fourth-order valence-electron chi connectivity index (χ4n) is 2.39. The molecule has 5 nitrogen and oxygen atoms in total. The highest BCUT2D eigenvalue weighted by Crippen LogP contribution is 2.24. The van der Waals surface area contributed by atoms with E-state index in [1.807, 2.05) is 13.8 Å². The fraction of sp³-hybridized carbons (Fsp3) is 0.190. The van der Waals surface area contributed by atoms with Gasteiger partial charge in [-0.1, -0.05) is 19.9 Å². The van der Waals surface area contributed by atoms with E-state index in [4.69, 9.17) is 4.74 Å². The molecule has 0 saturated carbocycles. The summed E-state index contributed by atoms with van der Waals surface area (Å²) in [4.78, 5) is 20.5. The fourth-order valence-corrected chi connectivity index (χ4v) is 2.39. The number of carbonyl (C=O) groups is 1. The van der Waals surface area contributed by atoms with E-state index in [0.717, 1.165) is 5.56 Å². The molecule has 0 saturated heterocycles. The van der Waals surface area contributed by atoms with Crippen LogP contribution >= 0.6 is 0 Å². The molecule has 1 heterocycles. The Morgan fingerprint density at radius 1 is 1.11 bits per heavy atom. The number of hydrogen-bond donors (Lipinski definition) is 1. The van der Waals surface area contributed by atoms with Crippen molar-refractivity contribution in [2.45, 2.75) is 13.8 Å². The Balaban J connectivity index is 1.76. The van der Waals surface area contributed by atoms with E-state index in [1.165, 1.54) is 18.5 Å². The Bertz CT molecular complexity index is 927. The van der Waals surface area contributed by atoms with Gasteiger partial charge in [0.05, 0.1) is 5.69 Å². The van der Waals surface area contributed by atoms with E-state index in [-0.39, 0.29) is 11.7 Å². The molecule has 27 heavy (non-hydrogen) atoms. The SMILES string of the molecule is CC(C)CNC(=O)c1cccc(Oc2cc(-c3ccc(F)cc3)ncn2)c1. The van der Waals surface area contributed by atoms with Crippen molar-refractivity contribution in [2.24, 2.45) is 5.92 Å². The minimum atomic E-state index is -0.308. The van der Waals surface area contributed by atoms with Gasteiger partial charge in [-0.2, -0.15) is 0 Å². The zero-order valence-electron chi connectivity index (χ0n) is 15.1. The standard InChI is InChI=1S/C21H20FN3O2/c1-14(2)12-23-21(26)16-4-3-5-18(10-16)27-20-11-19(24-13-25-20)15-6-8-17(22)9-7-15/h3-11,13-14H,12H2,1-2H3,(H,23,26). The van der Waals surface area contributed by atoms with Crippen molar-refractivity contribution in [1.82, 2.24) is 15.3 Å². The van der Waals surface area contributed by atoms with Crippen LogP contribution in [0.1, 0.15) is 24.2 Å². The number of halogens is 1. The quantitative estimate of drug-likeness (QED) is 0.700. The molecule has 3 aromatic rings. The van der Waals surface area contributed by atoms with Gasteiger partial charge in [0.2, 0.25) is 5.88 Å². The lowest BCUT2D eigenvalue weighted by Gasteiger charge is -2.10. The molecule has 1 N–H and O–H groups in total. The largest absolute Gasteiger partial charge is 0.439 e. The third kappa shape index (κ3) is 5.10. The molecule has 0 atom stereocenters. The number of rotatable bonds is 6. The van der Waals surface area contributed by atoms with E-state index < -0.39 is 0 Å². The first-order valence-corrected chi connectivity index (χ1v) is 8.65. The number of nitrogens with zero attached hydrogens (tertiary/aromatic N) is 2. The molecule has 0 radical (unpaired) electrons. The Morgan fingerprint density at radius 3 is 2.63 bits per heavy atom. The van der Waals surface area contributed by atoms with Crippen LogP contribution in [-0.2, 0) is 0 Å². The highest BCUT2D eigenvalue weighted by molar-refractivity contribution is 5.94. The van der Waals surface area contributed by atoms with Crippen LogP contribution in [0.25, 0.3) is 11.3 Å². The molecule has 0 aliphatic heterocycles. The van der Waals surface area contributed by atoms with E-state index in [0.29, 0.717) is 35.3 Å². The summed E-state index contributed by atoms with van der Waals surface area (Å²) in [6.45, 7) is 4.68. The second-order valence-corrected chi connectivity index (χ2v) is 6.48. The predicted molar refractivity (Wildman–Crippen MR) is 101 cm³/mol. The van der Waals surface area contributed by atoms with E-state index in [2.05, 4.69) is 15.3 Å². The first kappa shape index (κ1) is 18.5. The highest BCUT2D eigenvalue weighted by Gasteiger charge is 2.09. The minimum Gasteiger partial charge on any atom is -0.439 e. The molecule has 0 unspecified atom stereocenters. The average Bonchev–Trinajstić information content (AvgIpc) is 2.67. The highest BCUT2D eigenvalue weighted by atomic mass is 19.1. The molecular formula is C21H20FN3O2. The van der Waals surface area contributed by atoms with Crippen LogP contribution in [0.3, 0.4) is 0 Å². The van der Waals surface area contributed by atoms with Gasteiger partial charge in [-0.25, -0.2) is 14.4 Å². The number of ether oxygens (including phenoxy) is 1. The molecule has 1 aromatic heterocycles. The van der Waals surface area contributed by atoms with Crippen LogP contribution in [0.4, 0.5) is 4.39 Å². The lowest BCUT2D eigenvalue weighted by Crippen LogP contribution is -2.27. The molecule has 0 bridgehead atoms. The zero-order chi connectivity index (χ0) is 19.2. The summed E-state index contributed by atoms with van der Waals surface area (Å²) in [6, 6.07) is 14.6. The van der Waals surface area contributed by atoms with Crippen molar-refractivity contribution >= 4 is 5.91 Å². The van der Waals surface area contributed by atoms with Crippen molar-refractivity contribution in [1.29, 1.82) is 0 Å². The zero-order valence-corrected chi connectivity index (χ0v) is 15.1. The summed E-state index contributed by atoms with van der Waals surface area (Å²) in [5.41, 5.74) is 1.89. The molecule has 0 aliphatic carbocycles. The van der Waals surface area contributed by atoms with Crippen LogP contribution in [0.5, 0.6) is 11.6 Å². The number of nitrogens with one attached hydrogen (secondary N) is 1. The summed E-state index contributed by atoms with van der Waals surface area (Å²) in [7, 11) is 0. The summed E-state index contributed by atoms with van der Waals surface area (Å²) >= 11 is 0. The molecule has 0 aliphatic rings. The predicted octanol–water partition coefficient (Wildman–Crippen LogP) is 4.46. The third-order valence-electron chi connectivity index (χ3n) is 3.77. The van der Waals surface area contributed by atoms with Gasteiger partial charge >= 0.3 is 0 Å². The lowest BCUT2D eigenvalue weighted by molar-refractivity contribution is 0.0948. The van der Waals surface area contributed by atoms with Crippen LogP contribution in [-0.4, -0.2) is 22.4 Å². The molecular weight excluding hydrogens is 345 g/mol. The molecule has 0 spiro atoms. The molecule has 3 rings (SSSR count). The van der Waals surface area contributed by atoms with Gasteiger partial charge in [0.1, 0.15) is 17.9 Å². The third-order valence-corrected chi connectivity index (χ3v) is 3.77. The molecule has 138 valence electrons. The maximum Gasteiger partial charge on any atom is 0.251 e. The van der Waals surface area contributed by atoms with Crippen LogP contribution in [0.2, 0.25) is 0 Å². The summed E-state index contributed by atoms with van der Waals surface area (Å²) in [6.07, 6.45) is 1.38. The smallest absolute Gasteiger partial charge is 0.251 e. The molecule has 1 amide bonds. The van der Waals surface area contributed by atoms with Gasteiger partial charge in [-0.15, -0.1) is 0 Å². The summed E-state index contributed by atoms with van der Waals surface area (Å²) in [5.74, 6) is 0.750.